The van der Waals surface area contributed by atoms with Gasteiger partial charge in [-0.3, -0.25) is 14.4 Å². The average molecular weight is 465 g/mol. The molecule has 7 nitrogen and oxygen atoms in total. The molecule has 33 heavy (non-hydrogen) atoms. The van der Waals surface area contributed by atoms with E-state index in [1.807, 2.05) is 48.7 Å². The first-order valence-electron chi connectivity index (χ1n) is 10.5. The minimum absolute atomic E-state index is 0.0206. The largest absolute Gasteiger partial charge is 0.497 e. The lowest BCUT2D eigenvalue weighted by atomic mass is 9.99. The van der Waals surface area contributed by atoms with Crippen LogP contribution in [0.25, 0.3) is 0 Å². The highest BCUT2D eigenvalue weighted by Gasteiger charge is 2.46. The van der Waals surface area contributed by atoms with E-state index in [9.17, 15) is 14.4 Å². The molecule has 2 aromatic carbocycles. The summed E-state index contributed by atoms with van der Waals surface area (Å²) in [4.78, 5) is 40.8. The van der Waals surface area contributed by atoms with Gasteiger partial charge in [-0.2, -0.15) is 0 Å². The van der Waals surface area contributed by atoms with Gasteiger partial charge < -0.3 is 19.7 Å². The van der Waals surface area contributed by atoms with Crippen molar-refractivity contribution in [2.45, 2.75) is 19.4 Å². The molecule has 4 rings (SSSR count). The highest BCUT2D eigenvalue weighted by atomic mass is 32.1. The van der Waals surface area contributed by atoms with E-state index in [1.54, 1.807) is 29.2 Å². The van der Waals surface area contributed by atoms with Crippen LogP contribution in [0.4, 0.5) is 11.4 Å². The number of amides is 2. The standard InChI is InChI=1S/C25H24N2O5S/c1-16-8-10-18(11-9-16)27-23(29)14-20(24(27)21-7-4-12-33-21)25(30)32-15-22(28)26-17-5-3-6-19(13-17)31-2/h3-13,20,24H,14-15H2,1-2H3,(H,26,28). The van der Waals surface area contributed by atoms with E-state index in [0.717, 1.165) is 16.1 Å². The fourth-order valence-electron chi connectivity index (χ4n) is 3.88. The van der Waals surface area contributed by atoms with Crippen molar-refractivity contribution >= 4 is 40.5 Å². The molecule has 2 atom stereocenters. The summed E-state index contributed by atoms with van der Waals surface area (Å²) in [7, 11) is 1.54. The number of nitrogens with zero attached hydrogens (tertiary/aromatic N) is 1. The number of aryl methyl sites for hydroxylation is 1. The first-order chi connectivity index (χ1) is 16.0. The molecule has 1 fully saturated rings. The molecule has 1 aliphatic heterocycles. The van der Waals surface area contributed by atoms with Gasteiger partial charge >= 0.3 is 5.97 Å². The summed E-state index contributed by atoms with van der Waals surface area (Å²) in [6.45, 7) is 1.53. The zero-order valence-corrected chi connectivity index (χ0v) is 19.1. The first kappa shape index (κ1) is 22.5. The van der Waals surface area contributed by atoms with Crippen molar-refractivity contribution in [3.05, 3.63) is 76.5 Å². The molecule has 170 valence electrons. The second-order valence-electron chi connectivity index (χ2n) is 7.76. The van der Waals surface area contributed by atoms with Crippen molar-refractivity contribution in [3.63, 3.8) is 0 Å². The molecule has 0 aliphatic carbocycles. The van der Waals surface area contributed by atoms with E-state index >= 15 is 0 Å². The van der Waals surface area contributed by atoms with E-state index in [4.69, 9.17) is 9.47 Å². The monoisotopic (exact) mass is 464 g/mol. The quantitative estimate of drug-likeness (QED) is 0.526. The molecule has 1 aromatic heterocycles. The number of hydrogen-bond donors (Lipinski definition) is 1. The van der Waals surface area contributed by atoms with E-state index in [-0.39, 0.29) is 12.3 Å². The minimum atomic E-state index is -0.706. The topological polar surface area (TPSA) is 84.9 Å². The van der Waals surface area contributed by atoms with Gasteiger partial charge in [0, 0.05) is 28.7 Å². The number of thiophene rings is 1. The molecule has 0 saturated carbocycles. The summed E-state index contributed by atoms with van der Waals surface area (Å²) in [5.74, 6) is -1.30. The first-order valence-corrected chi connectivity index (χ1v) is 11.4. The van der Waals surface area contributed by atoms with E-state index in [0.29, 0.717) is 11.4 Å². The van der Waals surface area contributed by atoms with Crippen molar-refractivity contribution < 1.29 is 23.9 Å². The van der Waals surface area contributed by atoms with Crippen LogP contribution < -0.4 is 15.0 Å². The summed E-state index contributed by atoms with van der Waals surface area (Å²) in [6, 6.07) is 17.8. The maximum Gasteiger partial charge on any atom is 0.312 e. The van der Waals surface area contributed by atoms with E-state index < -0.39 is 30.4 Å². The lowest BCUT2D eigenvalue weighted by molar-refractivity contribution is -0.152. The van der Waals surface area contributed by atoms with Crippen LogP contribution >= 0.6 is 11.3 Å². The molecule has 8 heteroatoms. The van der Waals surface area contributed by atoms with Crippen molar-refractivity contribution in [2.24, 2.45) is 5.92 Å². The van der Waals surface area contributed by atoms with Crippen LogP contribution in [0.2, 0.25) is 0 Å². The smallest absolute Gasteiger partial charge is 0.312 e. The lowest BCUT2D eigenvalue weighted by Gasteiger charge is -2.27. The maximum absolute atomic E-state index is 13.0. The van der Waals surface area contributed by atoms with E-state index in [2.05, 4.69) is 5.32 Å². The SMILES string of the molecule is COc1cccc(NC(=O)COC(=O)C2CC(=O)N(c3ccc(C)cc3)C2c2cccs2)c1. The van der Waals surface area contributed by atoms with Gasteiger partial charge in [-0.15, -0.1) is 11.3 Å². The van der Waals surface area contributed by atoms with Crippen LogP contribution in [0.15, 0.2) is 66.0 Å². The molecule has 1 saturated heterocycles. The molecular formula is C25H24N2O5S. The number of hydrogen-bond acceptors (Lipinski definition) is 6. The van der Waals surface area contributed by atoms with Gasteiger partial charge in [0.05, 0.1) is 19.1 Å². The number of esters is 1. The Balaban J connectivity index is 1.47. The highest BCUT2D eigenvalue weighted by Crippen LogP contribution is 2.43. The molecule has 2 heterocycles. The van der Waals surface area contributed by atoms with Crippen LogP contribution in [0.1, 0.15) is 22.9 Å². The Morgan fingerprint density at radius 3 is 2.61 bits per heavy atom. The van der Waals surface area contributed by atoms with Gasteiger partial charge in [0.25, 0.3) is 5.91 Å². The molecule has 2 unspecified atom stereocenters. The Bertz CT molecular complexity index is 1140. The molecule has 0 bridgehead atoms. The third-order valence-corrected chi connectivity index (χ3v) is 6.41. The Kier molecular flexibility index (Phi) is 6.74. The number of carbonyl (C=O) groups is 3. The summed E-state index contributed by atoms with van der Waals surface area (Å²) in [5.41, 5.74) is 2.35. The van der Waals surface area contributed by atoms with Crippen LogP contribution in [0.3, 0.4) is 0 Å². The Hall–Kier alpha value is -3.65. The van der Waals surface area contributed by atoms with Gasteiger partial charge in [0.1, 0.15) is 5.75 Å². The summed E-state index contributed by atoms with van der Waals surface area (Å²) < 4.78 is 10.5. The van der Waals surface area contributed by atoms with Crippen LogP contribution in [0, 0.1) is 12.8 Å². The van der Waals surface area contributed by atoms with Crippen LogP contribution in [-0.2, 0) is 19.1 Å². The minimum Gasteiger partial charge on any atom is -0.497 e. The maximum atomic E-state index is 13.0. The fraction of sp³-hybridized carbons (Fsp3) is 0.240. The van der Waals surface area contributed by atoms with Gasteiger partial charge in [-0.25, -0.2) is 0 Å². The second-order valence-corrected chi connectivity index (χ2v) is 8.74. The molecule has 0 spiro atoms. The number of nitrogens with one attached hydrogen (secondary N) is 1. The number of anilines is 2. The summed E-state index contributed by atoms with van der Waals surface area (Å²) in [5, 5.41) is 4.59. The highest BCUT2D eigenvalue weighted by molar-refractivity contribution is 7.10. The van der Waals surface area contributed by atoms with Crippen molar-refractivity contribution in [1.82, 2.24) is 0 Å². The summed E-state index contributed by atoms with van der Waals surface area (Å²) in [6.07, 6.45) is 0.0206. The van der Waals surface area contributed by atoms with Crippen LogP contribution in [-0.4, -0.2) is 31.5 Å². The molecule has 1 aliphatic rings. The second kappa shape index (κ2) is 9.87. The van der Waals surface area contributed by atoms with Gasteiger partial charge in [0.2, 0.25) is 5.91 Å². The van der Waals surface area contributed by atoms with Crippen molar-refractivity contribution in [1.29, 1.82) is 0 Å². The van der Waals surface area contributed by atoms with E-state index in [1.165, 1.54) is 18.4 Å². The zero-order chi connectivity index (χ0) is 23.4. The Labute approximate surface area is 195 Å². The molecule has 3 aromatic rings. The van der Waals surface area contributed by atoms with Crippen molar-refractivity contribution in [3.8, 4) is 5.75 Å². The number of ether oxygens (including phenoxy) is 2. The lowest BCUT2D eigenvalue weighted by Crippen LogP contribution is -2.31. The normalized spacial score (nSPS) is 17.6. The number of benzene rings is 2. The Morgan fingerprint density at radius 2 is 1.91 bits per heavy atom. The molecule has 0 radical (unpaired) electrons. The fourth-order valence-corrected chi connectivity index (χ4v) is 4.76. The van der Waals surface area contributed by atoms with Gasteiger partial charge in [-0.05, 0) is 42.6 Å². The third kappa shape index (κ3) is 5.06. The van der Waals surface area contributed by atoms with Crippen LogP contribution in [0.5, 0.6) is 5.75 Å². The van der Waals surface area contributed by atoms with Gasteiger partial charge in [-0.1, -0.05) is 29.8 Å². The third-order valence-electron chi connectivity index (χ3n) is 5.47. The van der Waals surface area contributed by atoms with Crippen molar-refractivity contribution in [2.75, 3.05) is 23.9 Å². The zero-order valence-electron chi connectivity index (χ0n) is 18.3. The molecule has 1 N–H and O–H groups in total. The molecular weight excluding hydrogens is 440 g/mol. The number of carbonyl (C=O) groups excluding carboxylic acids is 3. The summed E-state index contributed by atoms with van der Waals surface area (Å²) >= 11 is 1.48. The number of methoxy groups -OCH3 is 1. The Morgan fingerprint density at radius 1 is 1.12 bits per heavy atom. The average Bonchev–Trinajstić information content (AvgIpc) is 3.46. The predicted molar refractivity (Wildman–Crippen MR) is 126 cm³/mol. The predicted octanol–water partition coefficient (Wildman–Crippen LogP) is 4.34. The van der Waals surface area contributed by atoms with Gasteiger partial charge in [0.15, 0.2) is 6.61 Å². The molecule has 2 amide bonds. The number of rotatable bonds is 7.